The number of carbonyl (C=O) groups is 1. The molecule has 6 heteroatoms. The smallest absolute Gasteiger partial charge is 0.238 e. The van der Waals surface area contributed by atoms with Crippen LogP contribution in [0.4, 0.5) is 5.69 Å². The van der Waals surface area contributed by atoms with Crippen molar-refractivity contribution >= 4 is 39.1 Å². The predicted molar refractivity (Wildman–Crippen MR) is 84.1 cm³/mol. The SMILES string of the molecule is O=C(CN(CCO)C1CCC1)Nc1ccc(Br)cc1Cl. The third kappa shape index (κ3) is 4.19. The van der Waals surface area contributed by atoms with Gasteiger partial charge < -0.3 is 10.4 Å². The molecule has 4 nitrogen and oxygen atoms in total. The normalized spacial score (nSPS) is 15.2. The molecule has 0 radical (unpaired) electrons. The first-order chi connectivity index (χ1) is 9.60. The number of nitrogens with zero attached hydrogens (tertiary/aromatic N) is 1. The Kier molecular flexibility index (Phi) is 5.84. The third-order valence-corrected chi connectivity index (χ3v) is 4.34. The second-order valence-corrected chi connectivity index (χ2v) is 6.27. The predicted octanol–water partition coefficient (Wildman–Crippen LogP) is 2.89. The molecule has 0 aromatic heterocycles. The lowest BCUT2D eigenvalue weighted by Gasteiger charge is -2.36. The van der Waals surface area contributed by atoms with E-state index in [1.54, 1.807) is 12.1 Å². The molecule has 2 rings (SSSR count). The highest BCUT2D eigenvalue weighted by Crippen LogP contribution is 2.26. The summed E-state index contributed by atoms with van der Waals surface area (Å²) in [5, 5.41) is 12.4. The molecule has 0 bridgehead atoms. The van der Waals surface area contributed by atoms with Gasteiger partial charge in [0.15, 0.2) is 0 Å². The molecular formula is C14H18BrClN2O2. The van der Waals surface area contributed by atoms with Crippen LogP contribution >= 0.6 is 27.5 Å². The quantitative estimate of drug-likeness (QED) is 0.819. The Hall–Kier alpha value is -0.620. The van der Waals surface area contributed by atoms with Crippen LogP contribution in [0.5, 0.6) is 0 Å². The van der Waals surface area contributed by atoms with Crippen molar-refractivity contribution in [1.82, 2.24) is 4.90 Å². The first-order valence-corrected chi connectivity index (χ1v) is 7.87. The fraction of sp³-hybridized carbons (Fsp3) is 0.500. The van der Waals surface area contributed by atoms with Crippen LogP contribution in [0.2, 0.25) is 5.02 Å². The highest BCUT2D eigenvalue weighted by molar-refractivity contribution is 9.10. The Morgan fingerprint density at radius 1 is 1.50 bits per heavy atom. The van der Waals surface area contributed by atoms with Crippen molar-refractivity contribution in [3.05, 3.63) is 27.7 Å². The lowest BCUT2D eigenvalue weighted by Crippen LogP contribution is -2.45. The van der Waals surface area contributed by atoms with Gasteiger partial charge in [-0.25, -0.2) is 0 Å². The van der Waals surface area contributed by atoms with Gasteiger partial charge in [-0.1, -0.05) is 34.0 Å². The summed E-state index contributed by atoms with van der Waals surface area (Å²) in [6, 6.07) is 5.77. The molecule has 1 aromatic rings. The number of anilines is 1. The van der Waals surface area contributed by atoms with Gasteiger partial charge >= 0.3 is 0 Å². The number of hydrogen-bond acceptors (Lipinski definition) is 3. The Morgan fingerprint density at radius 2 is 2.25 bits per heavy atom. The third-order valence-electron chi connectivity index (χ3n) is 3.53. The lowest BCUT2D eigenvalue weighted by atomic mass is 9.91. The highest BCUT2D eigenvalue weighted by Gasteiger charge is 2.26. The van der Waals surface area contributed by atoms with Crippen LogP contribution in [0, 0.1) is 0 Å². The van der Waals surface area contributed by atoms with E-state index >= 15 is 0 Å². The van der Waals surface area contributed by atoms with Gasteiger partial charge in [0, 0.05) is 17.1 Å². The number of benzene rings is 1. The van der Waals surface area contributed by atoms with Gasteiger partial charge in [-0.3, -0.25) is 9.69 Å². The van der Waals surface area contributed by atoms with Crippen molar-refractivity contribution < 1.29 is 9.90 Å². The van der Waals surface area contributed by atoms with Gasteiger partial charge in [0.25, 0.3) is 0 Å². The van der Waals surface area contributed by atoms with E-state index in [0.717, 1.165) is 17.3 Å². The van der Waals surface area contributed by atoms with Crippen molar-refractivity contribution in [1.29, 1.82) is 0 Å². The minimum Gasteiger partial charge on any atom is -0.395 e. The lowest BCUT2D eigenvalue weighted by molar-refractivity contribution is -0.118. The van der Waals surface area contributed by atoms with Crippen molar-refractivity contribution in [3.8, 4) is 0 Å². The highest BCUT2D eigenvalue weighted by atomic mass is 79.9. The van der Waals surface area contributed by atoms with Gasteiger partial charge in [-0.15, -0.1) is 0 Å². The summed E-state index contributed by atoms with van der Waals surface area (Å²) in [6.07, 6.45) is 3.41. The number of nitrogens with one attached hydrogen (secondary N) is 1. The summed E-state index contributed by atoms with van der Waals surface area (Å²) < 4.78 is 0.872. The maximum absolute atomic E-state index is 12.1. The number of halogens is 2. The summed E-state index contributed by atoms with van der Waals surface area (Å²) in [5.41, 5.74) is 0.609. The molecule has 1 saturated carbocycles. The van der Waals surface area contributed by atoms with E-state index in [9.17, 15) is 4.79 Å². The molecular weight excluding hydrogens is 344 g/mol. The molecule has 0 spiro atoms. The van der Waals surface area contributed by atoms with Crippen LogP contribution in [0.3, 0.4) is 0 Å². The molecule has 1 amide bonds. The van der Waals surface area contributed by atoms with Gasteiger partial charge in [-0.2, -0.15) is 0 Å². The second-order valence-electron chi connectivity index (χ2n) is 4.95. The maximum Gasteiger partial charge on any atom is 0.238 e. The van der Waals surface area contributed by atoms with Crippen LogP contribution in [0.15, 0.2) is 22.7 Å². The number of aliphatic hydroxyl groups excluding tert-OH is 1. The number of hydrogen-bond donors (Lipinski definition) is 2. The van der Waals surface area contributed by atoms with Gasteiger partial charge in [0.05, 0.1) is 23.9 Å². The molecule has 1 fully saturated rings. The zero-order chi connectivity index (χ0) is 14.5. The Balaban J connectivity index is 1.93. The summed E-state index contributed by atoms with van der Waals surface area (Å²) in [4.78, 5) is 14.1. The fourth-order valence-electron chi connectivity index (χ4n) is 2.24. The number of carbonyl (C=O) groups excluding carboxylic acids is 1. The zero-order valence-corrected chi connectivity index (χ0v) is 13.5. The minimum absolute atomic E-state index is 0.0722. The summed E-state index contributed by atoms with van der Waals surface area (Å²) in [7, 11) is 0. The number of amides is 1. The molecule has 110 valence electrons. The van der Waals surface area contributed by atoms with Crippen molar-refractivity contribution in [2.24, 2.45) is 0 Å². The van der Waals surface area contributed by atoms with Crippen LogP contribution in [-0.4, -0.2) is 41.7 Å². The van der Waals surface area contributed by atoms with E-state index in [0.29, 0.717) is 23.3 Å². The molecule has 0 atom stereocenters. The van der Waals surface area contributed by atoms with Crippen LogP contribution in [0.25, 0.3) is 0 Å². The minimum atomic E-state index is -0.102. The Bertz CT molecular complexity index is 480. The van der Waals surface area contributed by atoms with Gasteiger partial charge in [-0.05, 0) is 31.0 Å². The van der Waals surface area contributed by atoms with Crippen molar-refractivity contribution in [3.63, 3.8) is 0 Å². The van der Waals surface area contributed by atoms with E-state index in [2.05, 4.69) is 21.2 Å². The van der Waals surface area contributed by atoms with E-state index < -0.39 is 0 Å². The summed E-state index contributed by atoms with van der Waals surface area (Å²) in [5.74, 6) is -0.102. The molecule has 0 aliphatic heterocycles. The molecule has 1 aromatic carbocycles. The van der Waals surface area contributed by atoms with E-state index in [4.69, 9.17) is 16.7 Å². The van der Waals surface area contributed by atoms with E-state index in [1.165, 1.54) is 6.42 Å². The largest absolute Gasteiger partial charge is 0.395 e. The van der Waals surface area contributed by atoms with Crippen LogP contribution < -0.4 is 5.32 Å². The molecule has 0 heterocycles. The maximum atomic E-state index is 12.1. The van der Waals surface area contributed by atoms with Gasteiger partial charge in [0.2, 0.25) is 5.91 Å². The van der Waals surface area contributed by atoms with Crippen LogP contribution in [-0.2, 0) is 4.79 Å². The number of aliphatic hydroxyl groups is 1. The van der Waals surface area contributed by atoms with Crippen molar-refractivity contribution in [2.45, 2.75) is 25.3 Å². The average Bonchev–Trinajstić information content (AvgIpc) is 2.31. The molecule has 2 N–H and O–H groups in total. The molecule has 0 saturated heterocycles. The molecule has 0 unspecified atom stereocenters. The average molecular weight is 362 g/mol. The van der Waals surface area contributed by atoms with E-state index in [-0.39, 0.29) is 19.1 Å². The molecule has 1 aliphatic rings. The first kappa shape index (κ1) is 15.8. The first-order valence-electron chi connectivity index (χ1n) is 6.70. The Labute approximate surface area is 132 Å². The Morgan fingerprint density at radius 3 is 2.80 bits per heavy atom. The fourth-order valence-corrected chi connectivity index (χ4v) is 2.96. The molecule has 1 aliphatic carbocycles. The number of rotatable bonds is 6. The van der Waals surface area contributed by atoms with Crippen molar-refractivity contribution in [2.75, 3.05) is 25.0 Å². The van der Waals surface area contributed by atoms with E-state index in [1.807, 2.05) is 11.0 Å². The van der Waals surface area contributed by atoms with Gasteiger partial charge in [0.1, 0.15) is 0 Å². The topological polar surface area (TPSA) is 52.6 Å². The molecule has 20 heavy (non-hydrogen) atoms. The second kappa shape index (κ2) is 7.41. The summed E-state index contributed by atoms with van der Waals surface area (Å²) >= 11 is 9.40. The summed E-state index contributed by atoms with van der Waals surface area (Å²) in [6.45, 7) is 0.895. The standard InChI is InChI=1S/C14H18BrClN2O2/c15-10-4-5-13(12(16)8-10)17-14(20)9-18(6-7-19)11-2-1-3-11/h4-5,8,11,19H,1-3,6-7,9H2,(H,17,20). The monoisotopic (exact) mass is 360 g/mol. The van der Waals surface area contributed by atoms with Crippen LogP contribution in [0.1, 0.15) is 19.3 Å². The zero-order valence-electron chi connectivity index (χ0n) is 11.1.